The zero-order valence-corrected chi connectivity index (χ0v) is 12.5. The van der Waals surface area contributed by atoms with Gasteiger partial charge in [0.2, 0.25) is 0 Å². The Balaban J connectivity index is 0.00000361. The maximum Gasteiger partial charge on any atom is 0.416 e. The zero-order valence-electron chi connectivity index (χ0n) is 10.9. The minimum Gasteiger partial charge on any atom is -0.324 e. The number of benzene rings is 1. The van der Waals surface area contributed by atoms with Gasteiger partial charge in [0.25, 0.3) is 0 Å². The maximum absolute atomic E-state index is 13.8. The highest BCUT2D eigenvalue weighted by Gasteiger charge is 2.36. The molecule has 0 aliphatic heterocycles. The van der Waals surface area contributed by atoms with E-state index < -0.39 is 29.2 Å². The molecule has 1 nitrogen and oxygen atoms in total. The molecule has 0 amide bonds. The van der Waals surface area contributed by atoms with Crippen LogP contribution >= 0.6 is 24.0 Å². The van der Waals surface area contributed by atoms with E-state index in [9.17, 15) is 17.6 Å². The molecule has 0 saturated carbocycles. The van der Waals surface area contributed by atoms with Crippen LogP contribution in [0.4, 0.5) is 17.6 Å². The molecule has 0 aromatic heterocycles. The summed E-state index contributed by atoms with van der Waals surface area (Å²) >= 11 is 5.54. The summed E-state index contributed by atoms with van der Waals surface area (Å²) in [7, 11) is 0. The van der Waals surface area contributed by atoms with Gasteiger partial charge < -0.3 is 5.73 Å². The van der Waals surface area contributed by atoms with E-state index in [4.69, 9.17) is 17.3 Å². The van der Waals surface area contributed by atoms with Crippen molar-refractivity contribution in [3.63, 3.8) is 0 Å². The van der Waals surface area contributed by atoms with Gasteiger partial charge in [-0.15, -0.1) is 12.4 Å². The number of halogens is 6. The Labute approximate surface area is 126 Å². The largest absolute Gasteiger partial charge is 0.416 e. The van der Waals surface area contributed by atoms with Crippen molar-refractivity contribution in [2.24, 2.45) is 5.73 Å². The number of nitrogens with two attached hydrogens (primary N) is 1. The van der Waals surface area contributed by atoms with Gasteiger partial charge in [-0.05, 0) is 18.6 Å². The SMILES string of the molecule is CCCCC[C@@H](N)c1c(C(F)(F)F)ccc(Cl)c1F.Cl. The third-order valence-electron chi connectivity index (χ3n) is 2.93. The van der Waals surface area contributed by atoms with E-state index in [0.717, 1.165) is 25.0 Å². The van der Waals surface area contributed by atoms with E-state index in [2.05, 4.69) is 0 Å². The van der Waals surface area contributed by atoms with Crippen molar-refractivity contribution >= 4 is 24.0 Å². The van der Waals surface area contributed by atoms with Crippen LogP contribution in [0.25, 0.3) is 0 Å². The number of alkyl halides is 3. The third kappa shape index (κ3) is 4.79. The van der Waals surface area contributed by atoms with Crippen LogP contribution in [0.1, 0.15) is 49.8 Å². The Hall–Kier alpha value is -0.520. The van der Waals surface area contributed by atoms with Crippen LogP contribution in [0.3, 0.4) is 0 Å². The normalized spacial score (nSPS) is 12.9. The molecule has 0 unspecified atom stereocenters. The van der Waals surface area contributed by atoms with Crippen LogP contribution in [-0.2, 0) is 6.18 Å². The van der Waals surface area contributed by atoms with Crippen molar-refractivity contribution in [2.75, 3.05) is 0 Å². The Morgan fingerprint density at radius 1 is 1.25 bits per heavy atom. The van der Waals surface area contributed by atoms with Crippen LogP contribution in [-0.4, -0.2) is 0 Å². The lowest BCUT2D eigenvalue weighted by atomic mass is 9.95. The summed E-state index contributed by atoms with van der Waals surface area (Å²) < 4.78 is 52.4. The second-order valence-corrected chi connectivity index (χ2v) is 4.83. The van der Waals surface area contributed by atoms with Gasteiger partial charge in [-0.2, -0.15) is 13.2 Å². The van der Waals surface area contributed by atoms with Crippen molar-refractivity contribution in [1.82, 2.24) is 0 Å². The average Bonchev–Trinajstić information content (AvgIpc) is 2.31. The van der Waals surface area contributed by atoms with Crippen LogP contribution in [0, 0.1) is 5.82 Å². The van der Waals surface area contributed by atoms with Gasteiger partial charge in [-0.1, -0.05) is 37.8 Å². The fraction of sp³-hybridized carbons (Fsp3) is 0.538. The van der Waals surface area contributed by atoms with Crippen molar-refractivity contribution in [3.05, 3.63) is 34.1 Å². The Bertz CT molecular complexity index is 435. The van der Waals surface area contributed by atoms with Crippen LogP contribution < -0.4 is 5.73 Å². The molecule has 0 fully saturated rings. The second-order valence-electron chi connectivity index (χ2n) is 4.42. The van der Waals surface area contributed by atoms with Gasteiger partial charge in [0.15, 0.2) is 0 Å². The fourth-order valence-electron chi connectivity index (χ4n) is 1.93. The van der Waals surface area contributed by atoms with Gasteiger partial charge in [0, 0.05) is 11.6 Å². The van der Waals surface area contributed by atoms with Gasteiger partial charge in [-0.25, -0.2) is 4.39 Å². The van der Waals surface area contributed by atoms with Crippen LogP contribution in [0.5, 0.6) is 0 Å². The van der Waals surface area contributed by atoms with E-state index in [1.807, 2.05) is 6.92 Å². The Morgan fingerprint density at radius 2 is 1.85 bits per heavy atom. The number of hydrogen-bond donors (Lipinski definition) is 1. The quantitative estimate of drug-likeness (QED) is 0.558. The molecular weight excluding hydrogens is 317 g/mol. The van der Waals surface area contributed by atoms with E-state index in [1.54, 1.807) is 0 Å². The first kappa shape index (κ1) is 19.5. The molecule has 1 atom stereocenters. The first-order chi connectivity index (χ1) is 8.79. The molecule has 116 valence electrons. The molecule has 0 aliphatic rings. The molecule has 0 heterocycles. The molecule has 1 aromatic rings. The van der Waals surface area contributed by atoms with E-state index in [1.165, 1.54) is 0 Å². The highest BCUT2D eigenvalue weighted by Crippen LogP contribution is 2.38. The lowest BCUT2D eigenvalue weighted by Gasteiger charge is -2.19. The number of hydrogen-bond acceptors (Lipinski definition) is 1. The lowest BCUT2D eigenvalue weighted by molar-refractivity contribution is -0.138. The third-order valence-corrected chi connectivity index (χ3v) is 3.22. The summed E-state index contributed by atoms with van der Waals surface area (Å²) in [6.45, 7) is 1.96. The molecule has 0 bridgehead atoms. The van der Waals surface area contributed by atoms with Crippen molar-refractivity contribution < 1.29 is 17.6 Å². The average molecular weight is 334 g/mol. The monoisotopic (exact) mass is 333 g/mol. The minimum absolute atomic E-state index is 0. The van der Waals surface area contributed by atoms with Gasteiger partial charge in [0.1, 0.15) is 5.82 Å². The van der Waals surface area contributed by atoms with Crippen LogP contribution in [0.2, 0.25) is 5.02 Å². The van der Waals surface area contributed by atoms with Gasteiger partial charge >= 0.3 is 6.18 Å². The fourth-order valence-corrected chi connectivity index (χ4v) is 2.10. The molecule has 2 N–H and O–H groups in total. The van der Waals surface area contributed by atoms with Crippen molar-refractivity contribution in [2.45, 2.75) is 44.8 Å². The summed E-state index contributed by atoms with van der Waals surface area (Å²) in [5.41, 5.74) is 4.13. The second kappa shape index (κ2) is 8.05. The van der Waals surface area contributed by atoms with E-state index >= 15 is 0 Å². The molecule has 7 heteroatoms. The first-order valence-electron chi connectivity index (χ1n) is 6.09. The zero-order chi connectivity index (χ0) is 14.6. The molecule has 20 heavy (non-hydrogen) atoms. The smallest absolute Gasteiger partial charge is 0.324 e. The predicted octanol–water partition coefficient (Wildman–Crippen LogP) is 5.50. The minimum atomic E-state index is -4.64. The lowest BCUT2D eigenvalue weighted by Crippen LogP contribution is -2.19. The predicted molar refractivity (Wildman–Crippen MR) is 74.7 cm³/mol. The first-order valence-corrected chi connectivity index (χ1v) is 6.47. The Kier molecular flexibility index (Phi) is 7.84. The standard InChI is InChI=1S/C13H16ClF4N.ClH/c1-2-3-4-5-10(19)11-8(13(16,17)18)6-7-9(14)12(11)15;/h6-7,10H,2-5,19H2,1H3;1H/t10-;/m1./s1. The Morgan fingerprint density at radius 3 is 2.35 bits per heavy atom. The van der Waals surface area contributed by atoms with Gasteiger partial charge in [-0.3, -0.25) is 0 Å². The molecule has 0 aliphatic carbocycles. The number of rotatable bonds is 5. The number of unbranched alkanes of at least 4 members (excludes halogenated alkanes) is 2. The highest BCUT2D eigenvalue weighted by atomic mass is 35.5. The van der Waals surface area contributed by atoms with E-state index in [0.29, 0.717) is 12.8 Å². The molecule has 0 spiro atoms. The molecule has 1 rings (SSSR count). The highest BCUT2D eigenvalue weighted by molar-refractivity contribution is 6.30. The van der Waals surface area contributed by atoms with Gasteiger partial charge in [0.05, 0.1) is 10.6 Å². The summed E-state index contributed by atoms with van der Waals surface area (Å²) in [6, 6.07) is 0.685. The molecule has 0 saturated heterocycles. The molecule has 1 aromatic carbocycles. The summed E-state index contributed by atoms with van der Waals surface area (Å²) in [6.07, 6.45) is -1.92. The summed E-state index contributed by atoms with van der Waals surface area (Å²) in [5.74, 6) is -1.07. The molecular formula is C13H17Cl2F4N. The topological polar surface area (TPSA) is 26.0 Å². The van der Waals surface area contributed by atoms with Crippen molar-refractivity contribution in [3.8, 4) is 0 Å². The molecule has 0 radical (unpaired) electrons. The van der Waals surface area contributed by atoms with Crippen molar-refractivity contribution in [1.29, 1.82) is 0 Å². The van der Waals surface area contributed by atoms with Crippen LogP contribution in [0.15, 0.2) is 12.1 Å². The summed E-state index contributed by atoms with van der Waals surface area (Å²) in [5, 5.41) is -0.339. The maximum atomic E-state index is 13.8. The summed E-state index contributed by atoms with van der Waals surface area (Å²) in [4.78, 5) is 0. The van der Waals surface area contributed by atoms with E-state index in [-0.39, 0.29) is 17.4 Å².